The maximum absolute atomic E-state index is 13.2. The number of rotatable bonds is 10. The quantitative estimate of drug-likeness (QED) is 0.0846. The Morgan fingerprint density at radius 2 is 2.21 bits per heavy atom. The molecule has 2 atom stereocenters. The van der Waals surface area contributed by atoms with Crippen LogP contribution in [0.5, 0.6) is 0 Å². The second-order valence-corrected chi connectivity index (χ2v) is 11.4. The number of aromatic amines is 1. The molecule has 0 unspecified atom stereocenters. The summed E-state index contributed by atoms with van der Waals surface area (Å²) in [6.07, 6.45) is 5.30. The molecule has 0 spiro atoms. The lowest BCUT2D eigenvalue weighted by Gasteiger charge is -2.50. The molecule has 39 heavy (non-hydrogen) atoms. The highest BCUT2D eigenvalue weighted by molar-refractivity contribution is 8.01. The molecule has 3 aromatic rings. The molecule has 5 heterocycles. The summed E-state index contributed by atoms with van der Waals surface area (Å²) in [5.74, 6) is -1.98. The number of pyridine rings is 1. The van der Waals surface area contributed by atoms with Crippen molar-refractivity contribution in [1.82, 2.24) is 30.6 Å². The Morgan fingerprint density at radius 1 is 1.41 bits per heavy atom. The molecule has 5 rings (SSSR count). The molecular formula is C22H21N9O5S3. The number of carbonyl (C=O) groups is 3. The van der Waals surface area contributed by atoms with Crippen LogP contribution in [0.2, 0.25) is 0 Å². The zero-order chi connectivity index (χ0) is 27.5. The lowest BCUT2D eigenvalue weighted by atomic mass is 10.0. The van der Waals surface area contributed by atoms with Gasteiger partial charge in [-0.2, -0.15) is 0 Å². The standard InChI is InChI=1S/C22H21N9O5S3/c1-30-4-2-13(3-5-30)37-8-11-9-38-20-16(19(33)31(20)17(11)21(34)35)26-18(32)15(14-10-39-22(23)25-14)28-36-7-12-6-24-29-27-12/h2-6,10,16,20H,7-9H2,1H3,(H4-,23,24,25,26,27,29,32,34,35)/b28-15-/t16-,20-/m1/s1. The summed E-state index contributed by atoms with van der Waals surface area (Å²) >= 11 is 3.94. The van der Waals surface area contributed by atoms with Crippen molar-refractivity contribution in [1.29, 1.82) is 0 Å². The molecule has 0 aliphatic carbocycles. The number of carbonyl (C=O) groups excluding carboxylic acids is 3. The predicted molar refractivity (Wildman–Crippen MR) is 140 cm³/mol. The predicted octanol–water partition coefficient (Wildman–Crippen LogP) is -1.21. The minimum absolute atomic E-state index is 0.0660. The third-order valence-electron chi connectivity index (χ3n) is 5.70. The molecule has 2 aliphatic heterocycles. The average molecular weight is 588 g/mol. The fourth-order valence-electron chi connectivity index (χ4n) is 3.81. The number of H-pyrrole nitrogens is 1. The van der Waals surface area contributed by atoms with Gasteiger partial charge in [-0.3, -0.25) is 19.6 Å². The molecule has 17 heteroatoms. The molecule has 0 saturated carbocycles. The van der Waals surface area contributed by atoms with Crippen molar-refractivity contribution in [3.63, 3.8) is 0 Å². The largest absolute Gasteiger partial charge is 0.543 e. The van der Waals surface area contributed by atoms with E-state index < -0.39 is 29.2 Å². The number of oxime groups is 1. The van der Waals surface area contributed by atoms with E-state index in [0.717, 1.165) is 16.2 Å². The molecule has 14 nitrogen and oxygen atoms in total. The summed E-state index contributed by atoms with van der Waals surface area (Å²) in [5, 5.41) is 29.6. The van der Waals surface area contributed by atoms with Gasteiger partial charge in [-0.15, -0.1) is 40.0 Å². The van der Waals surface area contributed by atoms with E-state index in [1.165, 1.54) is 40.0 Å². The number of aryl methyl sites for hydroxylation is 1. The molecule has 0 bridgehead atoms. The number of nitrogens with two attached hydrogens (primary N) is 1. The zero-order valence-corrected chi connectivity index (χ0v) is 22.7. The number of aromatic nitrogens is 5. The van der Waals surface area contributed by atoms with Crippen LogP contribution in [-0.4, -0.2) is 71.7 Å². The van der Waals surface area contributed by atoms with Gasteiger partial charge in [-0.05, 0) is 5.57 Å². The van der Waals surface area contributed by atoms with Crippen molar-refractivity contribution in [3.05, 3.63) is 58.8 Å². The van der Waals surface area contributed by atoms with Crippen LogP contribution in [0.25, 0.3) is 0 Å². The monoisotopic (exact) mass is 587 g/mol. The Kier molecular flexibility index (Phi) is 7.80. The topological polar surface area (TPSA) is 195 Å². The summed E-state index contributed by atoms with van der Waals surface area (Å²) in [6, 6.07) is 2.87. The van der Waals surface area contributed by atoms with Gasteiger partial charge in [0, 0.05) is 40.1 Å². The van der Waals surface area contributed by atoms with Crippen molar-refractivity contribution in [2.24, 2.45) is 12.2 Å². The third-order valence-corrected chi connectivity index (χ3v) is 8.82. The van der Waals surface area contributed by atoms with E-state index in [1.807, 2.05) is 36.1 Å². The number of carboxylic acid groups (broad SMARTS) is 1. The van der Waals surface area contributed by atoms with Crippen LogP contribution in [0.4, 0.5) is 5.13 Å². The van der Waals surface area contributed by atoms with E-state index in [-0.39, 0.29) is 28.8 Å². The number of β-lactam (4-membered cyclic amide) rings is 1. The van der Waals surface area contributed by atoms with E-state index in [2.05, 4.69) is 30.9 Å². The summed E-state index contributed by atoms with van der Waals surface area (Å²) < 4.78 is 1.90. The number of amides is 2. The van der Waals surface area contributed by atoms with Crippen LogP contribution < -0.4 is 20.7 Å². The number of nitrogen functional groups attached to an aromatic ring is 1. The van der Waals surface area contributed by atoms with Gasteiger partial charge in [0.15, 0.2) is 29.8 Å². The van der Waals surface area contributed by atoms with Crippen LogP contribution in [0.15, 0.2) is 57.4 Å². The van der Waals surface area contributed by atoms with Gasteiger partial charge < -0.3 is 25.8 Å². The average Bonchev–Trinajstić information content (AvgIpc) is 3.60. The highest BCUT2D eigenvalue weighted by Gasteiger charge is 2.53. The van der Waals surface area contributed by atoms with Crippen molar-refractivity contribution in [3.8, 4) is 0 Å². The molecule has 1 fully saturated rings. The Morgan fingerprint density at radius 3 is 2.87 bits per heavy atom. The number of hydrogen-bond donors (Lipinski definition) is 3. The van der Waals surface area contributed by atoms with Crippen LogP contribution >= 0.6 is 34.9 Å². The summed E-state index contributed by atoms with van der Waals surface area (Å²) in [4.78, 5) is 49.8. The first-order valence-corrected chi connectivity index (χ1v) is 14.3. The minimum Gasteiger partial charge on any atom is -0.543 e. The summed E-state index contributed by atoms with van der Waals surface area (Å²) in [7, 11) is 1.90. The van der Waals surface area contributed by atoms with Gasteiger partial charge in [-0.1, -0.05) is 10.4 Å². The van der Waals surface area contributed by atoms with Crippen LogP contribution in [0.1, 0.15) is 11.4 Å². The number of nitrogens with one attached hydrogen (secondary N) is 2. The van der Waals surface area contributed by atoms with Crippen LogP contribution in [0.3, 0.4) is 0 Å². The molecule has 3 aromatic heterocycles. The highest BCUT2D eigenvalue weighted by atomic mass is 32.2. The first-order valence-electron chi connectivity index (χ1n) is 11.4. The molecule has 2 aliphatic rings. The molecule has 0 aromatic carbocycles. The van der Waals surface area contributed by atoms with Gasteiger partial charge in [0.1, 0.15) is 29.9 Å². The molecule has 0 radical (unpaired) electrons. The lowest BCUT2D eigenvalue weighted by molar-refractivity contribution is -0.671. The maximum Gasteiger partial charge on any atom is 0.276 e. The number of thioether (sulfide) groups is 2. The highest BCUT2D eigenvalue weighted by Crippen LogP contribution is 2.41. The van der Waals surface area contributed by atoms with Crippen molar-refractivity contribution >= 4 is 63.5 Å². The van der Waals surface area contributed by atoms with E-state index >= 15 is 0 Å². The van der Waals surface area contributed by atoms with Gasteiger partial charge in [-0.25, -0.2) is 9.55 Å². The number of carboxylic acids is 1. The summed E-state index contributed by atoms with van der Waals surface area (Å²) in [5.41, 5.74) is 6.57. The van der Waals surface area contributed by atoms with Crippen LogP contribution in [-0.2, 0) is 32.9 Å². The van der Waals surface area contributed by atoms with Crippen molar-refractivity contribution in [2.45, 2.75) is 22.9 Å². The Hall–Kier alpha value is -3.96. The molecule has 2 amide bonds. The molecule has 4 N–H and O–H groups in total. The fraction of sp³-hybridized carbons (Fsp3) is 0.273. The van der Waals surface area contributed by atoms with E-state index in [4.69, 9.17) is 10.6 Å². The molecule has 1 saturated heterocycles. The number of nitrogens with zero attached hydrogens (tertiary/aromatic N) is 6. The Bertz CT molecular complexity index is 1460. The number of hydrogen-bond acceptors (Lipinski definition) is 13. The smallest absolute Gasteiger partial charge is 0.276 e. The minimum atomic E-state index is -1.44. The van der Waals surface area contributed by atoms with Gasteiger partial charge in [0.05, 0.1) is 11.7 Å². The summed E-state index contributed by atoms with van der Waals surface area (Å²) in [6.45, 7) is -0.0660. The van der Waals surface area contributed by atoms with E-state index in [1.54, 1.807) is 0 Å². The van der Waals surface area contributed by atoms with Gasteiger partial charge >= 0.3 is 0 Å². The van der Waals surface area contributed by atoms with Crippen molar-refractivity contribution < 1.29 is 28.9 Å². The van der Waals surface area contributed by atoms with Crippen LogP contribution in [0, 0.1) is 0 Å². The zero-order valence-electron chi connectivity index (χ0n) is 20.3. The van der Waals surface area contributed by atoms with E-state index in [0.29, 0.717) is 22.8 Å². The Labute approximate surface area is 233 Å². The first-order chi connectivity index (χ1) is 18.8. The molecule has 202 valence electrons. The maximum atomic E-state index is 13.2. The number of fused-ring (bicyclic) bond motifs is 1. The van der Waals surface area contributed by atoms with Gasteiger partial charge in [0.25, 0.3) is 11.8 Å². The van der Waals surface area contributed by atoms with E-state index in [9.17, 15) is 19.5 Å². The first kappa shape index (κ1) is 26.6. The SMILES string of the molecule is C[n+]1ccc(SCC2=C(C(=O)[O-])N3C(=O)[C@@H](NC(=O)/C(=N\OCc4c[nH]nn4)c4csc(N)n4)[C@H]3SC2)cc1. The van der Waals surface area contributed by atoms with Crippen molar-refractivity contribution in [2.75, 3.05) is 17.2 Å². The Balaban J connectivity index is 1.29. The lowest BCUT2D eigenvalue weighted by Crippen LogP contribution is -2.71. The number of aliphatic carboxylic acids is 1. The third kappa shape index (κ3) is 5.74. The normalized spacial score (nSPS) is 18.9. The number of anilines is 1. The second-order valence-electron chi connectivity index (χ2n) is 8.34. The number of thiazole rings is 1. The van der Waals surface area contributed by atoms with Gasteiger partial charge in [0.2, 0.25) is 0 Å². The molecular weight excluding hydrogens is 567 g/mol. The second kappa shape index (κ2) is 11.4. The fourth-order valence-corrected chi connectivity index (χ4v) is 6.72.